The van der Waals surface area contributed by atoms with E-state index >= 15 is 0 Å². The number of likely N-dealkylation sites (tertiary alicyclic amines) is 1. The van der Waals surface area contributed by atoms with Crippen molar-refractivity contribution < 1.29 is 0 Å². The van der Waals surface area contributed by atoms with Gasteiger partial charge in [0.25, 0.3) is 5.56 Å². The average molecular weight is 258 g/mol. The monoisotopic (exact) mass is 258 g/mol. The second-order valence-corrected chi connectivity index (χ2v) is 5.15. The molecule has 0 aromatic carbocycles. The van der Waals surface area contributed by atoms with Crippen molar-refractivity contribution in [3.8, 4) is 0 Å². The maximum Gasteiger partial charge on any atom is 0.258 e. The van der Waals surface area contributed by atoms with Gasteiger partial charge in [-0.2, -0.15) is 0 Å². The first kappa shape index (κ1) is 12.3. The standard InChI is InChI=1S/C14H18N4O/c15-11-4-3-6-17(9-11)10-12-8-14(19)18-7-2-1-5-13(18)16-12/h1-2,5,7-8,11H,3-4,6,9-10,15H2. The molecule has 19 heavy (non-hydrogen) atoms. The average Bonchev–Trinajstić information content (AvgIpc) is 2.39. The molecule has 0 radical (unpaired) electrons. The number of rotatable bonds is 2. The zero-order valence-corrected chi connectivity index (χ0v) is 10.8. The van der Waals surface area contributed by atoms with Crippen LogP contribution in [-0.2, 0) is 6.54 Å². The molecular formula is C14H18N4O. The molecule has 0 amide bonds. The summed E-state index contributed by atoms with van der Waals surface area (Å²) in [6.07, 6.45) is 3.95. The van der Waals surface area contributed by atoms with E-state index in [0.29, 0.717) is 12.2 Å². The van der Waals surface area contributed by atoms with Crippen LogP contribution < -0.4 is 11.3 Å². The second kappa shape index (κ2) is 5.11. The van der Waals surface area contributed by atoms with Crippen molar-refractivity contribution in [2.45, 2.75) is 25.4 Å². The first-order valence-electron chi connectivity index (χ1n) is 6.67. The summed E-state index contributed by atoms with van der Waals surface area (Å²) >= 11 is 0. The number of hydrogen-bond acceptors (Lipinski definition) is 4. The Morgan fingerprint density at radius 3 is 3.16 bits per heavy atom. The summed E-state index contributed by atoms with van der Waals surface area (Å²) in [5.41, 5.74) is 7.47. The third kappa shape index (κ3) is 2.67. The number of nitrogens with two attached hydrogens (primary N) is 1. The maximum absolute atomic E-state index is 12.0. The molecule has 0 aliphatic carbocycles. The topological polar surface area (TPSA) is 63.6 Å². The van der Waals surface area contributed by atoms with Gasteiger partial charge in [0.1, 0.15) is 5.65 Å². The number of pyridine rings is 1. The molecule has 0 saturated carbocycles. The first-order chi connectivity index (χ1) is 9.22. The van der Waals surface area contributed by atoms with E-state index in [1.807, 2.05) is 18.2 Å². The smallest absolute Gasteiger partial charge is 0.258 e. The molecule has 2 aromatic heterocycles. The Kier molecular flexibility index (Phi) is 3.31. The molecule has 1 unspecified atom stereocenters. The van der Waals surface area contributed by atoms with Crippen LogP contribution in [-0.4, -0.2) is 33.4 Å². The lowest BCUT2D eigenvalue weighted by Crippen LogP contribution is -2.42. The normalized spacial score (nSPS) is 20.8. The fourth-order valence-electron chi connectivity index (χ4n) is 2.65. The molecule has 1 saturated heterocycles. The minimum absolute atomic E-state index is 0.0260. The van der Waals surface area contributed by atoms with Gasteiger partial charge in [0.05, 0.1) is 5.69 Å². The largest absolute Gasteiger partial charge is 0.327 e. The molecule has 5 heteroatoms. The molecule has 3 rings (SSSR count). The Morgan fingerprint density at radius 2 is 2.32 bits per heavy atom. The maximum atomic E-state index is 12.0. The summed E-state index contributed by atoms with van der Waals surface area (Å²) in [4.78, 5) is 18.8. The van der Waals surface area contributed by atoms with E-state index < -0.39 is 0 Å². The summed E-state index contributed by atoms with van der Waals surface area (Å²) in [7, 11) is 0. The van der Waals surface area contributed by atoms with Crippen LogP contribution in [0.3, 0.4) is 0 Å². The van der Waals surface area contributed by atoms with E-state index in [2.05, 4.69) is 9.88 Å². The molecule has 1 fully saturated rings. The fourth-order valence-corrected chi connectivity index (χ4v) is 2.65. The molecule has 1 aliphatic rings. The Hall–Kier alpha value is -1.72. The van der Waals surface area contributed by atoms with Crippen molar-refractivity contribution in [3.63, 3.8) is 0 Å². The van der Waals surface area contributed by atoms with Crippen LogP contribution in [0.5, 0.6) is 0 Å². The minimum Gasteiger partial charge on any atom is -0.327 e. The Bertz CT molecular complexity index is 637. The van der Waals surface area contributed by atoms with E-state index in [4.69, 9.17) is 5.73 Å². The summed E-state index contributed by atoms with van der Waals surface area (Å²) in [5, 5.41) is 0. The Morgan fingerprint density at radius 1 is 1.42 bits per heavy atom. The van der Waals surface area contributed by atoms with E-state index in [1.165, 1.54) is 0 Å². The van der Waals surface area contributed by atoms with Crippen LogP contribution in [0.25, 0.3) is 5.65 Å². The molecule has 3 heterocycles. The van der Waals surface area contributed by atoms with Gasteiger partial charge in [-0.15, -0.1) is 0 Å². The fraction of sp³-hybridized carbons (Fsp3) is 0.429. The molecule has 1 atom stereocenters. The zero-order valence-electron chi connectivity index (χ0n) is 10.8. The second-order valence-electron chi connectivity index (χ2n) is 5.15. The number of piperidine rings is 1. The zero-order chi connectivity index (χ0) is 13.2. The molecule has 2 aromatic rings. The third-order valence-corrected chi connectivity index (χ3v) is 3.55. The number of aromatic nitrogens is 2. The highest BCUT2D eigenvalue weighted by molar-refractivity contribution is 5.37. The van der Waals surface area contributed by atoms with Gasteiger partial charge in [-0.25, -0.2) is 4.98 Å². The van der Waals surface area contributed by atoms with Crippen LogP contribution in [0.2, 0.25) is 0 Å². The summed E-state index contributed by atoms with van der Waals surface area (Å²) < 4.78 is 1.56. The van der Waals surface area contributed by atoms with E-state index in [1.54, 1.807) is 16.7 Å². The molecule has 0 bridgehead atoms. The quantitative estimate of drug-likeness (QED) is 0.857. The Balaban J connectivity index is 1.87. The number of nitrogens with zero attached hydrogens (tertiary/aromatic N) is 3. The van der Waals surface area contributed by atoms with E-state index in [9.17, 15) is 4.79 Å². The van der Waals surface area contributed by atoms with Gasteiger partial charge < -0.3 is 5.73 Å². The SMILES string of the molecule is NC1CCCN(Cc2cc(=O)n3ccccc3n2)C1. The molecule has 2 N–H and O–H groups in total. The Labute approximate surface area is 111 Å². The van der Waals surface area contributed by atoms with Gasteiger partial charge in [-0.3, -0.25) is 14.1 Å². The minimum atomic E-state index is -0.0260. The highest BCUT2D eigenvalue weighted by Gasteiger charge is 2.17. The van der Waals surface area contributed by atoms with Crippen LogP contribution in [0.4, 0.5) is 0 Å². The summed E-state index contributed by atoms with van der Waals surface area (Å²) in [6, 6.07) is 7.44. The van der Waals surface area contributed by atoms with Crippen molar-refractivity contribution >= 4 is 5.65 Å². The van der Waals surface area contributed by atoms with E-state index in [0.717, 1.165) is 31.6 Å². The highest BCUT2D eigenvalue weighted by Crippen LogP contribution is 2.11. The van der Waals surface area contributed by atoms with Crippen molar-refractivity contribution in [1.82, 2.24) is 14.3 Å². The van der Waals surface area contributed by atoms with Gasteiger partial charge in [-0.1, -0.05) is 6.07 Å². The number of fused-ring (bicyclic) bond motifs is 1. The van der Waals surface area contributed by atoms with Crippen molar-refractivity contribution in [2.24, 2.45) is 5.73 Å². The molecule has 1 aliphatic heterocycles. The third-order valence-electron chi connectivity index (χ3n) is 3.55. The van der Waals surface area contributed by atoms with Crippen LogP contribution in [0, 0.1) is 0 Å². The van der Waals surface area contributed by atoms with Gasteiger partial charge in [0.15, 0.2) is 0 Å². The highest BCUT2D eigenvalue weighted by atomic mass is 16.1. The van der Waals surface area contributed by atoms with Gasteiger partial charge in [-0.05, 0) is 31.5 Å². The predicted octanol–water partition coefficient (Wildman–Crippen LogP) is 0.618. The lowest BCUT2D eigenvalue weighted by molar-refractivity contribution is 0.199. The number of hydrogen-bond donors (Lipinski definition) is 1. The van der Waals surface area contributed by atoms with Gasteiger partial charge in [0, 0.05) is 31.4 Å². The molecule has 100 valence electrons. The van der Waals surface area contributed by atoms with Crippen molar-refractivity contribution in [1.29, 1.82) is 0 Å². The van der Waals surface area contributed by atoms with Gasteiger partial charge >= 0.3 is 0 Å². The van der Waals surface area contributed by atoms with Crippen molar-refractivity contribution in [2.75, 3.05) is 13.1 Å². The lowest BCUT2D eigenvalue weighted by Gasteiger charge is -2.30. The van der Waals surface area contributed by atoms with E-state index in [-0.39, 0.29) is 11.6 Å². The summed E-state index contributed by atoms with van der Waals surface area (Å²) in [6.45, 7) is 2.62. The molecular weight excluding hydrogens is 240 g/mol. The molecule has 0 spiro atoms. The van der Waals surface area contributed by atoms with Gasteiger partial charge in [0.2, 0.25) is 0 Å². The van der Waals surface area contributed by atoms with Crippen LogP contribution in [0.1, 0.15) is 18.5 Å². The van der Waals surface area contributed by atoms with Crippen molar-refractivity contribution in [3.05, 3.63) is 46.5 Å². The van der Waals surface area contributed by atoms with Crippen LogP contribution in [0.15, 0.2) is 35.3 Å². The first-order valence-corrected chi connectivity index (χ1v) is 6.67. The molecule has 5 nitrogen and oxygen atoms in total. The summed E-state index contributed by atoms with van der Waals surface area (Å²) in [5.74, 6) is 0. The lowest BCUT2D eigenvalue weighted by atomic mass is 10.1. The van der Waals surface area contributed by atoms with Crippen LogP contribution >= 0.6 is 0 Å². The predicted molar refractivity (Wildman–Crippen MR) is 73.9 cm³/mol.